The van der Waals surface area contributed by atoms with Crippen LogP contribution in [-0.2, 0) is 16.2 Å². The molecule has 1 heterocycles. The maximum atomic E-state index is 11.7. The minimum absolute atomic E-state index is 0.0961. The van der Waals surface area contributed by atoms with Crippen molar-refractivity contribution >= 4 is 51.1 Å². The number of amides is 1. The van der Waals surface area contributed by atoms with Crippen LogP contribution in [0.15, 0.2) is 66.7 Å². The van der Waals surface area contributed by atoms with Crippen LogP contribution in [0, 0.1) is 0 Å². The second-order valence-electron chi connectivity index (χ2n) is 7.80. The van der Waals surface area contributed by atoms with E-state index in [0.29, 0.717) is 30.6 Å². The molecule has 0 saturated heterocycles. The number of carbonyl (C=O) groups excluding carboxylic acids is 2. The van der Waals surface area contributed by atoms with Gasteiger partial charge in [-0.3, -0.25) is 4.79 Å². The molecule has 6 heteroatoms. The van der Waals surface area contributed by atoms with E-state index in [1.165, 1.54) is 0 Å². The molecule has 1 amide bonds. The minimum atomic E-state index is -0.152. The molecular weight excluding hydrogens is 402 g/mol. The lowest BCUT2D eigenvalue weighted by Gasteiger charge is -2.20. The Morgan fingerprint density at radius 2 is 1.69 bits per heavy atom. The van der Waals surface area contributed by atoms with E-state index in [2.05, 4.69) is 5.32 Å². The zero-order valence-electron chi connectivity index (χ0n) is 17.9. The third-order valence-electron chi connectivity index (χ3n) is 5.40. The van der Waals surface area contributed by atoms with Gasteiger partial charge in [-0.15, -0.1) is 0 Å². The number of pyridine rings is 1. The SMILES string of the molecule is CC(=O)CCCN(C=O)c1cc(CO)cc(Nc2c3ccccc3nc3ccccc23)c1. The Labute approximate surface area is 186 Å². The summed E-state index contributed by atoms with van der Waals surface area (Å²) in [5, 5.41) is 15.3. The zero-order valence-corrected chi connectivity index (χ0v) is 17.9. The van der Waals surface area contributed by atoms with Crippen LogP contribution < -0.4 is 10.2 Å². The van der Waals surface area contributed by atoms with Crippen molar-refractivity contribution in [2.75, 3.05) is 16.8 Å². The van der Waals surface area contributed by atoms with Crippen molar-refractivity contribution in [3.63, 3.8) is 0 Å². The number of para-hydroxylation sites is 2. The highest BCUT2D eigenvalue weighted by molar-refractivity contribution is 6.08. The van der Waals surface area contributed by atoms with Gasteiger partial charge in [0, 0.05) is 35.1 Å². The van der Waals surface area contributed by atoms with Crippen molar-refractivity contribution in [3.8, 4) is 0 Å². The monoisotopic (exact) mass is 427 g/mol. The summed E-state index contributed by atoms with van der Waals surface area (Å²) in [4.78, 5) is 29.3. The van der Waals surface area contributed by atoms with Crippen molar-refractivity contribution in [1.82, 2.24) is 4.98 Å². The molecular formula is C26H25N3O3. The van der Waals surface area contributed by atoms with Gasteiger partial charge < -0.3 is 20.1 Å². The summed E-state index contributed by atoms with van der Waals surface area (Å²) in [7, 11) is 0. The molecule has 0 radical (unpaired) electrons. The fraction of sp³-hybridized carbons (Fsp3) is 0.192. The summed E-state index contributed by atoms with van der Waals surface area (Å²) >= 11 is 0. The molecule has 0 aliphatic heterocycles. The minimum Gasteiger partial charge on any atom is -0.392 e. The average Bonchev–Trinajstić information content (AvgIpc) is 2.81. The third-order valence-corrected chi connectivity index (χ3v) is 5.40. The molecule has 162 valence electrons. The number of hydrogen-bond donors (Lipinski definition) is 2. The van der Waals surface area contributed by atoms with Crippen molar-refractivity contribution in [2.45, 2.75) is 26.4 Å². The lowest BCUT2D eigenvalue weighted by atomic mass is 10.1. The Morgan fingerprint density at radius 3 is 2.28 bits per heavy atom. The molecule has 0 fully saturated rings. The fourth-order valence-electron chi connectivity index (χ4n) is 3.86. The molecule has 0 unspecified atom stereocenters. The lowest BCUT2D eigenvalue weighted by Crippen LogP contribution is -2.23. The van der Waals surface area contributed by atoms with Crippen LogP contribution in [0.3, 0.4) is 0 Å². The molecule has 0 aliphatic carbocycles. The molecule has 0 atom stereocenters. The van der Waals surface area contributed by atoms with Crippen LogP contribution in [0.25, 0.3) is 21.8 Å². The van der Waals surface area contributed by atoms with E-state index in [1.54, 1.807) is 17.9 Å². The van der Waals surface area contributed by atoms with Gasteiger partial charge in [-0.2, -0.15) is 0 Å². The second-order valence-corrected chi connectivity index (χ2v) is 7.80. The summed E-state index contributed by atoms with van der Waals surface area (Å²) < 4.78 is 0. The number of aliphatic hydroxyl groups excluding tert-OH is 1. The maximum Gasteiger partial charge on any atom is 0.214 e. The highest BCUT2D eigenvalue weighted by atomic mass is 16.3. The molecule has 1 aromatic heterocycles. The van der Waals surface area contributed by atoms with Gasteiger partial charge in [0.1, 0.15) is 5.78 Å². The van der Waals surface area contributed by atoms with Crippen LogP contribution in [0.2, 0.25) is 0 Å². The van der Waals surface area contributed by atoms with E-state index >= 15 is 0 Å². The Bertz CT molecular complexity index is 1230. The molecule has 4 aromatic rings. The first-order valence-corrected chi connectivity index (χ1v) is 10.6. The van der Waals surface area contributed by atoms with E-state index in [0.717, 1.165) is 39.6 Å². The highest BCUT2D eigenvalue weighted by Gasteiger charge is 2.12. The first-order chi connectivity index (χ1) is 15.6. The highest BCUT2D eigenvalue weighted by Crippen LogP contribution is 2.34. The quantitative estimate of drug-likeness (QED) is 0.292. The Balaban J connectivity index is 1.76. The smallest absolute Gasteiger partial charge is 0.214 e. The fourth-order valence-corrected chi connectivity index (χ4v) is 3.86. The summed E-state index contributed by atoms with van der Waals surface area (Å²) in [6.07, 6.45) is 1.77. The number of benzene rings is 3. The summed E-state index contributed by atoms with van der Waals surface area (Å²) in [5.74, 6) is 0.0961. The van der Waals surface area contributed by atoms with Gasteiger partial charge in [0.05, 0.1) is 23.3 Å². The first-order valence-electron chi connectivity index (χ1n) is 10.6. The average molecular weight is 428 g/mol. The van der Waals surface area contributed by atoms with Gasteiger partial charge in [0.2, 0.25) is 6.41 Å². The van der Waals surface area contributed by atoms with Crippen molar-refractivity contribution in [1.29, 1.82) is 0 Å². The van der Waals surface area contributed by atoms with Crippen LogP contribution in [0.5, 0.6) is 0 Å². The van der Waals surface area contributed by atoms with E-state index < -0.39 is 0 Å². The Kier molecular flexibility index (Phi) is 6.42. The number of rotatable bonds is 9. The first kappa shape index (κ1) is 21.5. The number of carbonyl (C=O) groups is 2. The van der Waals surface area contributed by atoms with E-state index in [9.17, 15) is 14.7 Å². The van der Waals surface area contributed by atoms with E-state index in [-0.39, 0.29) is 12.4 Å². The number of ketones is 1. The summed E-state index contributed by atoms with van der Waals surface area (Å²) in [5.41, 5.74) is 4.79. The number of nitrogens with one attached hydrogen (secondary N) is 1. The predicted octanol–water partition coefficient (Wildman–Crippen LogP) is 4.96. The van der Waals surface area contributed by atoms with Crippen LogP contribution in [-0.4, -0.2) is 28.8 Å². The van der Waals surface area contributed by atoms with Crippen molar-refractivity contribution in [2.24, 2.45) is 0 Å². The lowest BCUT2D eigenvalue weighted by molar-refractivity contribution is -0.117. The largest absolute Gasteiger partial charge is 0.392 e. The standard InChI is InChI=1S/C26H25N3O3/c1-18(32)7-6-12-29(17-31)21-14-19(16-30)13-20(15-21)27-26-22-8-2-4-10-24(22)28-25-11-5-3-9-23(25)26/h2-5,8-11,13-15,17,30H,6-7,12,16H2,1H3,(H,27,28). The summed E-state index contributed by atoms with van der Waals surface area (Å²) in [6, 6.07) is 21.4. The number of aliphatic hydroxyl groups is 1. The van der Waals surface area contributed by atoms with E-state index in [4.69, 9.17) is 4.98 Å². The predicted molar refractivity (Wildman–Crippen MR) is 128 cm³/mol. The Morgan fingerprint density at radius 1 is 1.03 bits per heavy atom. The number of hydrogen-bond acceptors (Lipinski definition) is 5. The van der Waals surface area contributed by atoms with Gasteiger partial charge in [-0.25, -0.2) is 4.98 Å². The number of nitrogens with zero attached hydrogens (tertiary/aromatic N) is 2. The van der Waals surface area contributed by atoms with Crippen LogP contribution in [0.4, 0.5) is 17.1 Å². The molecule has 0 spiro atoms. The normalized spacial score (nSPS) is 10.9. The summed E-state index contributed by atoms with van der Waals surface area (Å²) in [6.45, 7) is 1.82. The Hall–Kier alpha value is -3.77. The number of Topliss-reactive ketones (excluding diaryl/α,β-unsaturated/α-hetero) is 1. The maximum absolute atomic E-state index is 11.7. The molecule has 2 N–H and O–H groups in total. The van der Waals surface area contributed by atoms with Crippen molar-refractivity contribution < 1.29 is 14.7 Å². The number of anilines is 3. The van der Waals surface area contributed by atoms with Gasteiger partial charge in [-0.1, -0.05) is 36.4 Å². The van der Waals surface area contributed by atoms with Gasteiger partial charge in [0.15, 0.2) is 0 Å². The van der Waals surface area contributed by atoms with Gasteiger partial charge in [0.25, 0.3) is 0 Å². The molecule has 6 nitrogen and oxygen atoms in total. The van der Waals surface area contributed by atoms with Crippen LogP contribution in [0.1, 0.15) is 25.3 Å². The number of fused-ring (bicyclic) bond motifs is 2. The zero-order chi connectivity index (χ0) is 22.5. The van der Waals surface area contributed by atoms with E-state index in [1.807, 2.05) is 60.7 Å². The van der Waals surface area contributed by atoms with Crippen LogP contribution >= 0.6 is 0 Å². The molecule has 4 rings (SSSR count). The number of aromatic nitrogens is 1. The van der Waals surface area contributed by atoms with Gasteiger partial charge >= 0.3 is 0 Å². The topological polar surface area (TPSA) is 82.5 Å². The molecule has 0 bridgehead atoms. The molecule has 32 heavy (non-hydrogen) atoms. The molecule has 0 aliphatic rings. The third kappa shape index (κ3) is 4.60. The van der Waals surface area contributed by atoms with Crippen molar-refractivity contribution in [3.05, 3.63) is 72.3 Å². The molecule has 3 aromatic carbocycles. The molecule has 0 saturated carbocycles. The van der Waals surface area contributed by atoms with Gasteiger partial charge in [-0.05, 0) is 49.2 Å². The second kappa shape index (κ2) is 9.58.